The summed E-state index contributed by atoms with van der Waals surface area (Å²) in [7, 11) is 0. The molecule has 156 valence electrons. The molecule has 0 spiro atoms. The van der Waals surface area contributed by atoms with Crippen LogP contribution in [0.3, 0.4) is 0 Å². The first-order valence-electron chi connectivity index (χ1n) is 9.88. The zero-order valence-electron chi connectivity index (χ0n) is 16.7. The van der Waals surface area contributed by atoms with Gasteiger partial charge in [-0.15, -0.1) is 16.4 Å². The van der Waals surface area contributed by atoms with E-state index in [9.17, 15) is 4.79 Å². The van der Waals surface area contributed by atoms with Crippen LogP contribution in [0, 0.1) is 0 Å². The van der Waals surface area contributed by atoms with Gasteiger partial charge in [0.05, 0.1) is 10.9 Å². The molecular weight excluding hydrogens is 422 g/mol. The van der Waals surface area contributed by atoms with E-state index in [0.29, 0.717) is 16.7 Å². The SMILES string of the molecule is CCc1cc(=O)n2nc(N3CCN(C(C)c4nc(-c5cccs5)no4)CC3)sc2n1. The molecule has 1 fully saturated rings. The summed E-state index contributed by atoms with van der Waals surface area (Å²) in [6, 6.07) is 5.57. The lowest BCUT2D eigenvalue weighted by atomic mass is 10.2. The lowest BCUT2D eigenvalue weighted by Crippen LogP contribution is -2.47. The van der Waals surface area contributed by atoms with E-state index in [0.717, 1.165) is 48.3 Å². The van der Waals surface area contributed by atoms with E-state index in [1.807, 2.05) is 24.4 Å². The second-order valence-corrected chi connectivity index (χ2v) is 9.03. The van der Waals surface area contributed by atoms with Gasteiger partial charge in [0.2, 0.25) is 21.8 Å². The van der Waals surface area contributed by atoms with Crippen molar-refractivity contribution >= 4 is 32.8 Å². The Hall–Kier alpha value is -2.63. The molecule has 0 aliphatic carbocycles. The van der Waals surface area contributed by atoms with Crippen molar-refractivity contribution in [1.82, 2.24) is 29.6 Å². The Labute approximate surface area is 180 Å². The van der Waals surface area contributed by atoms with Gasteiger partial charge in [0.1, 0.15) is 0 Å². The number of hydrogen-bond donors (Lipinski definition) is 0. The van der Waals surface area contributed by atoms with Gasteiger partial charge in [0.25, 0.3) is 5.56 Å². The molecule has 0 N–H and O–H groups in total. The van der Waals surface area contributed by atoms with Crippen LogP contribution in [0.1, 0.15) is 31.5 Å². The van der Waals surface area contributed by atoms with Gasteiger partial charge in [0.15, 0.2) is 0 Å². The van der Waals surface area contributed by atoms with Crippen LogP contribution in [-0.2, 0) is 6.42 Å². The summed E-state index contributed by atoms with van der Waals surface area (Å²) >= 11 is 3.06. The van der Waals surface area contributed by atoms with Crippen LogP contribution < -0.4 is 10.5 Å². The maximum Gasteiger partial charge on any atom is 0.275 e. The fourth-order valence-electron chi connectivity index (χ4n) is 3.52. The normalized spacial score (nSPS) is 16.4. The number of anilines is 1. The van der Waals surface area contributed by atoms with Crippen LogP contribution in [0.4, 0.5) is 5.13 Å². The third-order valence-electron chi connectivity index (χ3n) is 5.32. The van der Waals surface area contributed by atoms with Gasteiger partial charge < -0.3 is 9.42 Å². The molecule has 1 atom stereocenters. The summed E-state index contributed by atoms with van der Waals surface area (Å²) in [5.41, 5.74) is 0.680. The van der Waals surface area contributed by atoms with Crippen molar-refractivity contribution in [3.05, 3.63) is 45.5 Å². The van der Waals surface area contributed by atoms with Crippen molar-refractivity contribution in [3.8, 4) is 10.7 Å². The maximum atomic E-state index is 12.3. The topological polar surface area (TPSA) is 92.7 Å². The molecule has 0 amide bonds. The average Bonchev–Trinajstić information content (AvgIpc) is 3.53. The number of hydrogen-bond acceptors (Lipinski definition) is 10. The first kappa shape index (κ1) is 19.3. The van der Waals surface area contributed by atoms with Gasteiger partial charge in [-0.3, -0.25) is 9.69 Å². The Kier molecular flexibility index (Phi) is 5.09. The minimum Gasteiger partial charge on any atom is -0.344 e. The van der Waals surface area contributed by atoms with Crippen molar-refractivity contribution in [2.75, 3.05) is 31.1 Å². The van der Waals surface area contributed by atoms with E-state index in [4.69, 9.17) is 4.52 Å². The van der Waals surface area contributed by atoms with Crippen molar-refractivity contribution in [3.63, 3.8) is 0 Å². The van der Waals surface area contributed by atoms with Gasteiger partial charge in [-0.25, -0.2) is 4.98 Å². The first-order valence-corrected chi connectivity index (χ1v) is 11.6. The highest BCUT2D eigenvalue weighted by Gasteiger charge is 2.27. The number of rotatable bonds is 5. The average molecular weight is 444 g/mol. The Morgan fingerprint density at radius 3 is 2.80 bits per heavy atom. The summed E-state index contributed by atoms with van der Waals surface area (Å²) < 4.78 is 6.92. The smallest absolute Gasteiger partial charge is 0.275 e. The van der Waals surface area contributed by atoms with E-state index in [1.54, 1.807) is 17.4 Å². The summed E-state index contributed by atoms with van der Waals surface area (Å²) in [5, 5.41) is 11.5. The number of fused-ring (bicyclic) bond motifs is 1. The van der Waals surface area contributed by atoms with Gasteiger partial charge in [-0.1, -0.05) is 29.5 Å². The summed E-state index contributed by atoms with van der Waals surface area (Å²) in [4.78, 5) is 27.6. The molecular formula is C19H21N7O2S2. The number of aromatic nitrogens is 5. The van der Waals surface area contributed by atoms with E-state index in [1.165, 1.54) is 15.9 Å². The second-order valence-electron chi connectivity index (χ2n) is 7.15. The molecule has 11 heteroatoms. The molecule has 5 rings (SSSR count). The highest BCUT2D eigenvalue weighted by molar-refractivity contribution is 7.20. The number of nitrogens with zero attached hydrogens (tertiary/aromatic N) is 7. The largest absolute Gasteiger partial charge is 0.344 e. The van der Waals surface area contributed by atoms with E-state index in [2.05, 4.69) is 36.9 Å². The van der Waals surface area contributed by atoms with Crippen molar-refractivity contribution in [1.29, 1.82) is 0 Å². The quantitative estimate of drug-likeness (QED) is 0.465. The third kappa shape index (κ3) is 3.53. The molecule has 1 aliphatic rings. The minimum atomic E-state index is -0.121. The zero-order chi connectivity index (χ0) is 20.7. The molecule has 1 aliphatic heterocycles. The predicted molar refractivity (Wildman–Crippen MR) is 116 cm³/mol. The number of aryl methyl sites for hydroxylation is 1. The molecule has 0 saturated carbocycles. The fourth-order valence-corrected chi connectivity index (χ4v) is 5.15. The van der Waals surface area contributed by atoms with Crippen LogP contribution in [0.25, 0.3) is 15.7 Å². The second kappa shape index (κ2) is 7.89. The monoisotopic (exact) mass is 443 g/mol. The van der Waals surface area contributed by atoms with Crippen LogP contribution >= 0.6 is 22.7 Å². The zero-order valence-corrected chi connectivity index (χ0v) is 18.3. The first-order chi connectivity index (χ1) is 14.6. The predicted octanol–water partition coefficient (Wildman–Crippen LogP) is 2.71. The molecule has 4 aromatic heterocycles. The highest BCUT2D eigenvalue weighted by atomic mass is 32.1. The summed E-state index contributed by atoms with van der Waals surface area (Å²) in [5.74, 6) is 1.28. The van der Waals surface area contributed by atoms with Crippen LogP contribution in [0.2, 0.25) is 0 Å². The molecule has 0 bridgehead atoms. The Balaban J connectivity index is 1.28. The van der Waals surface area contributed by atoms with Crippen LogP contribution in [0.15, 0.2) is 32.9 Å². The van der Waals surface area contributed by atoms with Crippen molar-refractivity contribution < 1.29 is 4.52 Å². The van der Waals surface area contributed by atoms with Gasteiger partial charge in [-0.2, -0.15) is 9.50 Å². The van der Waals surface area contributed by atoms with E-state index >= 15 is 0 Å². The van der Waals surface area contributed by atoms with Crippen molar-refractivity contribution in [2.45, 2.75) is 26.3 Å². The molecule has 30 heavy (non-hydrogen) atoms. The molecule has 9 nitrogen and oxygen atoms in total. The Bertz CT molecular complexity index is 1210. The summed E-state index contributed by atoms with van der Waals surface area (Å²) in [6.45, 7) is 7.39. The van der Waals surface area contributed by atoms with Gasteiger partial charge in [0, 0.05) is 37.9 Å². The molecule has 0 radical (unpaired) electrons. The third-order valence-corrected chi connectivity index (χ3v) is 7.16. The van der Waals surface area contributed by atoms with Crippen LogP contribution in [-0.4, -0.2) is 55.8 Å². The summed E-state index contributed by atoms with van der Waals surface area (Å²) in [6.07, 6.45) is 0.736. The number of thiophene rings is 1. The van der Waals surface area contributed by atoms with E-state index in [-0.39, 0.29) is 11.6 Å². The molecule has 0 aromatic carbocycles. The lowest BCUT2D eigenvalue weighted by Gasteiger charge is -2.36. The Morgan fingerprint density at radius 2 is 2.07 bits per heavy atom. The molecule has 5 heterocycles. The van der Waals surface area contributed by atoms with Crippen molar-refractivity contribution in [2.24, 2.45) is 0 Å². The highest BCUT2D eigenvalue weighted by Crippen LogP contribution is 2.28. The van der Waals surface area contributed by atoms with Crippen LogP contribution in [0.5, 0.6) is 0 Å². The molecule has 1 saturated heterocycles. The minimum absolute atomic E-state index is 0.0418. The van der Waals surface area contributed by atoms with Gasteiger partial charge in [-0.05, 0) is 24.8 Å². The maximum absolute atomic E-state index is 12.3. The lowest BCUT2D eigenvalue weighted by molar-refractivity contribution is 0.164. The van der Waals surface area contributed by atoms with E-state index < -0.39 is 0 Å². The van der Waals surface area contributed by atoms with Gasteiger partial charge >= 0.3 is 0 Å². The fraction of sp³-hybridized carbons (Fsp3) is 0.421. The number of piperazine rings is 1. The molecule has 4 aromatic rings. The molecule has 1 unspecified atom stereocenters. The standard InChI is InChI=1S/C19H21N7O2S2/c1-3-13-11-15(27)26-18(20-13)30-19(22-26)25-8-6-24(7-9-25)12(2)17-21-16(23-28-17)14-5-4-10-29-14/h4-5,10-12H,3,6-9H2,1-2H3. The Morgan fingerprint density at radius 1 is 1.23 bits per heavy atom.